The van der Waals surface area contributed by atoms with E-state index in [9.17, 15) is 4.79 Å². The molecule has 1 unspecified atom stereocenters. The maximum absolute atomic E-state index is 12.2. The highest BCUT2D eigenvalue weighted by atomic mass is 32.1. The number of carbonyl (C=O) groups is 1. The lowest BCUT2D eigenvalue weighted by atomic mass is 9.88. The summed E-state index contributed by atoms with van der Waals surface area (Å²) in [4.78, 5) is 12.9. The van der Waals surface area contributed by atoms with E-state index < -0.39 is 5.54 Å². The molecule has 16 heavy (non-hydrogen) atoms. The van der Waals surface area contributed by atoms with Gasteiger partial charge in [0.25, 0.3) is 0 Å². The van der Waals surface area contributed by atoms with Crippen LogP contribution in [-0.4, -0.2) is 5.78 Å². The molecule has 2 rings (SSSR count). The molecule has 0 bridgehead atoms. The second-order valence-electron chi connectivity index (χ2n) is 3.87. The minimum Gasteiger partial charge on any atom is -0.315 e. The molecular formula is C13H13NOS. The fraction of sp³-hybridized carbons (Fsp3) is 0.154. The number of carbonyl (C=O) groups excluding carboxylic acids is 1. The molecule has 0 aliphatic heterocycles. The van der Waals surface area contributed by atoms with E-state index in [1.807, 2.05) is 41.8 Å². The molecule has 2 N–H and O–H groups in total. The Hall–Kier alpha value is -1.45. The smallest absolute Gasteiger partial charge is 0.196 e. The number of ketones is 1. The Labute approximate surface area is 98.7 Å². The third-order valence-corrected chi connectivity index (χ3v) is 3.46. The lowest BCUT2D eigenvalue weighted by molar-refractivity contribution is 0.0904. The third kappa shape index (κ3) is 1.92. The van der Waals surface area contributed by atoms with Crippen LogP contribution in [0, 0.1) is 0 Å². The van der Waals surface area contributed by atoms with E-state index in [4.69, 9.17) is 5.73 Å². The molecule has 1 aromatic heterocycles. The van der Waals surface area contributed by atoms with Crippen molar-refractivity contribution in [1.29, 1.82) is 0 Å². The second-order valence-corrected chi connectivity index (χ2v) is 4.82. The summed E-state index contributed by atoms with van der Waals surface area (Å²) in [7, 11) is 0. The van der Waals surface area contributed by atoms with Crippen molar-refractivity contribution in [3.8, 4) is 0 Å². The number of rotatable bonds is 3. The quantitative estimate of drug-likeness (QED) is 0.825. The first kappa shape index (κ1) is 11.0. The third-order valence-electron chi connectivity index (χ3n) is 2.59. The summed E-state index contributed by atoms with van der Waals surface area (Å²) < 4.78 is 0. The molecule has 0 spiro atoms. The fourth-order valence-corrected chi connectivity index (χ4v) is 2.36. The predicted molar refractivity (Wildman–Crippen MR) is 66.6 cm³/mol. The fourth-order valence-electron chi connectivity index (χ4n) is 1.58. The van der Waals surface area contributed by atoms with Crippen LogP contribution in [0.25, 0.3) is 0 Å². The Morgan fingerprint density at radius 2 is 1.88 bits per heavy atom. The minimum absolute atomic E-state index is 0.0336. The highest BCUT2D eigenvalue weighted by Crippen LogP contribution is 2.24. The molecule has 0 aliphatic rings. The number of Topliss-reactive ketones (excluding diaryl/α,β-unsaturated/α-hetero) is 1. The van der Waals surface area contributed by atoms with Crippen LogP contribution < -0.4 is 5.73 Å². The number of thiophene rings is 1. The molecule has 1 heterocycles. The highest BCUT2D eigenvalue weighted by molar-refractivity contribution is 7.12. The lowest BCUT2D eigenvalue weighted by Crippen LogP contribution is -2.41. The zero-order chi connectivity index (χ0) is 11.6. The van der Waals surface area contributed by atoms with Gasteiger partial charge in [-0.2, -0.15) is 0 Å². The van der Waals surface area contributed by atoms with Crippen molar-refractivity contribution < 1.29 is 4.79 Å². The zero-order valence-electron chi connectivity index (χ0n) is 9.01. The van der Waals surface area contributed by atoms with Gasteiger partial charge < -0.3 is 5.73 Å². The topological polar surface area (TPSA) is 43.1 Å². The number of hydrogen-bond donors (Lipinski definition) is 1. The maximum atomic E-state index is 12.2. The monoisotopic (exact) mass is 231 g/mol. The van der Waals surface area contributed by atoms with Crippen LogP contribution in [0.4, 0.5) is 0 Å². The van der Waals surface area contributed by atoms with Crippen molar-refractivity contribution in [2.45, 2.75) is 12.5 Å². The molecular weight excluding hydrogens is 218 g/mol. The summed E-state index contributed by atoms with van der Waals surface area (Å²) in [6, 6.07) is 13.1. The van der Waals surface area contributed by atoms with Gasteiger partial charge in [0.15, 0.2) is 5.78 Å². The molecule has 0 saturated carbocycles. The molecule has 2 nitrogen and oxygen atoms in total. The SMILES string of the molecule is CC(N)(C(=O)c1cccs1)c1ccccc1. The van der Waals surface area contributed by atoms with Gasteiger partial charge in [0.2, 0.25) is 0 Å². The Morgan fingerprint density at radius 3 is 2.44 bits per heavy atom. The van der Waals surface area contributed by atoms with E-state index in [-0.39, 0.29) is 5.78 Å². The van der Waals surface area contributed by atoms with Gasteiger partial charge in [-0.25, -0.2) is 0 Å². The molecule has 0 saturated heterocycles. The largest absolute Gasteiger partial charge is 0.315 e. The lowest BCUT2D eigenvalue weighted by Gasteiger charge is -2.22. The van der Waals surface area contributed by atoms with Crippen LogP contribution in [0.5, 0.6) is 0 Å². The molecule has 1 aromatic carbocycles. The summed E-state index contributed by atoms with van der Waals surface area (Å²) in [5.74, 6) is -0.0336. The number of benzene rings is 1. The van der Waals surface area contributed by atoms with Gasteiger partial charge in [0.1, 0.15) is 5.54 Å². The van der Waals surface area contributed by atoms with Gasteiger partial charge in [-0.1, -0.05) is 36.4 Å². The van der Waals surface area contributed by atoms with Gasteiger partial charge >= 0.3 is 0 Å². The van der Waals surface area contributed by atoms with Gasteiger partial charge in [-0.05, 0) is 23.9 Å². The van der Waals surface area contributed by atoms with Crippen LogP contribution in [0.2, 0.25) is 0 Å². The van der Waals surface area contributed by atoms with Gasteiger partial charge in [0.05, 0.1) is 4.88 Å². The highest BCUT2D eigenvalue weighted by Gasteiger charge is 2.31. The van der Waals surface area contributed by atoms with Gasteiger partial charge in [-0.3, -0.25) is 4.79 Å². The molecule has 3 heteroatoms. The van der Waals surface area contributed by atoms with Crippen molar-refractivity contribution in [3.05, 3.63) is 58.3 Å². The Balaban J connectivity index is 2.36. The van der Waals surface area contributed by atoms with Crippen molar-refractivity contribution >= 4 is 17.1 Å². The minimum atomic E-state index is -0.952. The van der Waals surface area contributed by atoms with Gasteiger partial charge in [0, 0.05) is 0 Å². The summed E-state index contributed by atoms with van der Waals surface area (Å²) >= 11 is 1.42. The van der Waals surface area contributed by atoms with Crippen molar-refractivity contribution in [2.75, 3.05) is 0 Å². The summed E-state index contributed by atoms with van der Waals surface area (Å²) in [6.45, 7) is 1.75. The first-order valence-corrected chi connectivity index (χ1v) is 5.93. The molecule has 1 atom stereocenters. The van der Waals surface area contributed by atoms with E-state index in [0.717, 1.165) is 5.56 Å². The molecule has 0 aliphatic carbocycles. The average molecular weight is 231 g/mol. The predicted octanol–water partition coefficient (Wildman–Crippen LogP) is 2.80. The van der Waals surface area contributed by atoms with Gasteiger partial charge in [-0.15, -0.1) is 11.3 Å². The Bertz CT molecular complexity index is 474. The van der Waals surface area contributed by atoms with Crippen molar-refractivity contribution in [2.24, 2.45) is 5.73 Å². The molecule has 0 radical (unpaired) electrons. The number of nitrogens with two attached hydrogens (primary N) is 1. The average Bonchev–Trinajstić information content (AvgIpc) is 2.82. The van der Waals surface area contributed by atoms with Crippen LogP contribution >= 0.6 is 11.3 Å². The molecule has 0 fully saturated rings. The standard InChI is InChI=1S/C13H13NOS/c1-13(14,10-6-3-2-4-7-10)12(15)11-8-5-9-16-11/h2-9H,14H2,1H3. The normalized spacial score (nSPS) is 14.4. The van der Waals surface area contributed by atoms with E-state index in [0.29, 0.717) is 4.88 Å². The molecule has 0 amide bonds. The van der Waals surface area contributed by atoms with E-state index in [1.54, 1.807) is 13.0 Å². The number of hydrogen-bond acceptors (Lipinski definition) is 3. The Kier molecular flexibility index (Phi) is 2.90. The van der Waals surface area contributed by atoms with Crippen molar-refractivity contribution in [3.63, 3.8) is 0 Å². The Morgan fingerprint density at radius 1 is 1.19 bits per heavy atom. The van der Waals surface area contributed by atoms with Crippen LogP contribution in [0.1, 0.15) is 22.2 Å². The summed E-state index contributed by atoms with van der Waals surface area (Å²) in [5.41, 5.74) is 6.02. The first-order chi connectivity index (χ1) is 7.62. The zero-order valence-corrected chi connectivity index (χ0v) is 9.83. The second kappa shape index (κ2) is 4.20. The van der Waals surface area contributed by atoms with Crippen molar-refractivity contribution in [1.82, 2.24) is 0 Å². The summed E-state index contributed by atoms with van der Waals surface area (Å²) in [6.07, 6.45) is 0. The first-order valence-electron chi connectivity index (χ1n) is 5.05. The maximum Gasteiger partial charge on any atom is 0.196 e. The van der Waals surface area contributed by atoms with Crippen LogP contribution in [-0.2, 0) is 5.54 Å². The van der Waals surface area contributed by atoms with Crippen LogP contribution in [0.3, 0.4) is 0 Å². The molecule has 82 valence electrons. The van der Waals surface area contributed by atoms with E-state index in [2.05, 4.69) is 0 Å². The molecule has 2 aromatic rings. The van der Waals surface area contributed by atoms with E-state index >= 15 is 0 Å². The van der Waals surface area contributed by atoms with E-state index in [1.165, 1.54) is 11.3 Å². The summed E-state index contributed by atoms with van der Waals surface area (Å²) in [5, 5.41) is 1.88. The van der Waals surface area contributed by atoms with Crippen LogP contribution in [0.15, 0.2) is 47.8 Å².